The summed E-state index contributed by atoms with van der Waals surface area (Å²) in [5, 5.41) is 7.25. The monoisotopic (exact) mass is 336 g/mol. The smallest absolute Gasteiger partial charge is 0.166 e. The van der Waals surface area contributed by atoms with Crippen LogP contribution in [0.25, 0.3) is 0 Å². The van der Waals surface area contributed by atoms with Crippen molar-refractivity contribution >= 4 is 17.3 Å². The van der Waals surface area contributed by atoms with E-state index in [4.69, 9.17) is 17.0 Å². The van der Waals surface area contributed by atoms with Crippen LogP contribution < -0.4 is 10.6 Å². The van der Waals surface area contributed by atoms with E-state index >= 15 is 0 Å². The van der Waals surface area contributed by atoms with Crippen molar-refractivity contribution in [1.82, 2.24) is 20.4 Å². The van der Waals surface area contributed by atoms with Gasteiger partial charge in [-0.15, -0.1) is 0 Å². The Bertz CT molecular complexity index is 472. The Morgan fingerprint density at radius 3 is 2.43 bits per heavy atom. The zero-order valence-electron chi connectivity index (χ0n) is 14.2. The Morgan fingerprint density at radius 1 is 1.13 bits per heavy atom. The van der Waals surface area contributed by atoms with Crippen LogP contribution >= 0.6 is 12.2 Å². The van der Waals surface area contributed by atoms with Gasteiger partial charge in [-0.05, 0) is 37.4 Å². The van der Waals surface area contributed by atoms with Crippen molar-refractivity contribution in [1.29, 1.82) is 0 Å². The lowest BCUT2D eigenvalue weighted by Gasteiger charge is -2.26. The lowest BCUT2D eigenvalue weighted by molar-refractivity contribution is 0.0389. The number of thiocarbonyl (C=S) groups is 1. The Kier molecular flexibility index (Phi) is 7.74. The molecule has 0 spiro atoms. The molecule has 128 valence electrons. The van der Waals surface area contributed by atoms with Crippen molar-refractivity contribution in [2.75, 3.05) is 53.5 Å². The van der Waals surface area contributed by atoms with Crippen molar-refractivity contribution in [2.45, 2.75) is 13.1 Å². The number of nitrogens with one attached hydrogen (secondary N) is 2. The summed E-state index contributed by atoms with van der Waals surface area (Å²) in [5.74, 6) is 0. The van der Waals surface area contributed by atoms with Crippen LogP contribution in [0.15, 0.2) is 24.3 Å². The molecular weight excluding hydrogens is 308 g/mol. The maximum absolute atomic E-state index is 5.34. The molecule has 1 aromatic carbocycles. The van der Waals surface area contributed by atoms with Gasteiger partial charge in [-0.1, -0.05) is 24.3 Å². The molecule has 1 aromatic rings. The minimum atomic E-state index is 0.718. The van der Waals surface area contributed by atoms with Crippen LogP contribution in [0, 0.1) is 0 Å². The minimum absolute atomic E-state index is 0.718. The second kappa shape index (κ2) is 9.82. The molecule has 0 radical (unpaired) electrons. The van der Waals surface area contributed by atoms with Crippen LogP contribution in [0.5, 0.6) is 0 Å². The quantitative estimate of drug-likeness (QED) is 0.725. The third kappa shape index (κ3) is 7.26. The summed E-state index contributed by atoms with van der Waals surface area (Å²) in [6, 6.07) is 8.65. The van der Waals surface area contributed by atoms with Crippen LogP contribution in [0.3, 0.4) is 0 Å². The summed E-state index contributed by atoms with van der Waals surface area (Å²) in [6.07, 6.45) is 0. The van der Waals surface area contributed by atoms with E-state index in [1.165, 1.54) is 11.1 Å². The van der Waals surface area contributed by atoms with E-state index in [1.54, 1.807) is 0 Å². The number of benzene rings is 1. The Hall–Kier alpha value is -1.21. The number of morpholine rings is 1. The molecule has 0 saturated carbocycles. The molecule has 0 aliphatic carbocycles. The molecule has 0 bridgehead atoms. The number of nitrogens with zero attached hydrogens (tertiary/aromatic N) is 2. The van der Waals surface area contributed by atoms with Crippen LogP contribution in [0.1, 0.15) is 11.1 Å². The zero-order valence-corrected chi connectivity index (χ0v) is 15.0. The third-order valence-corrected chi connectivity index (χ3v) is 4.08. The lowest BCUT2D eigenvalue weighted by Crippen LogP contribution is -2.43. The van der Waals surface area contributed by atoms with Gasteiger partial charge in [0.2, 0.25) is 0 Å². The highest BCUT2D eigenvalue weighted by Crippen LogP contribution is 2.05. The summed E-state index contributed by atoms with van der Waals surface area (Å²) in [5.41, 5.74) is 2.56. The third-order valence-electron chi connectivity index (χ3n) is 3.79. The fourth-order valence-corrected chi connectivity index (χ4v) is 2.70. The highest BCUT2D eigenvalue weighted by molar-refractivity contribution is 7.80. The summed E-state index contributed by atoms with van der Waals surface area (Å²) in [4.78, 5) is 4.56. The molecule has 0 aromatic heterocycles. The van der Waals surface area contributed by atoms with Gasteiger partial charge in [0, 0.05) is 39.3 Å². The highest BCUT2D eigenvalue weighted by Gasteiger charge is 2.09. The van der Waals surface area contributed by atoms with Crippen LogP contribution in [0.2, 0.25) is 0 Å². The molecule has 0 atom stereocenters. The van der Waals surface area contributed by atoms with Crippen molar-refractivity contribution in [3.63, 3.8) is 0 Å². The van der Waals surface area contributed by atoms with Gasteiger partial charge in [0.25, 0.3) is 0 Å². The fourth-order valence-electron chi connectivity index (χ4n) is 2.52. The Labute approximate surface area is 145 Å². The zero-order chi connectivity index (χ0) is 16.5. The molecule has 1 aliphatic rings. The van der Waals surface area contributed by atoms with Crippen molar-refractivity contribution < 1.29 is 4.74 Å². The molecule has 1 fully saturated rings. The summed E-state index contributed by atoms with van der Waals surface area (Å²) in [7, 11) is 4.16. The molecular formula is C17H28N4OS. The average Bonchev–Trinajstić information content (AvgIpc) is 2.55. The summed E-state index contributed by atoms with van der Waals surface area (Å²) < 4.78 is 5.34. The Morgan fingerprint density at radius 2 is 1.78 bits per heavy atom. The number of hydrogen-bond donors (Lipinski definition) is 2. The predicted molar refractivity (Wildman–Crippen MR) is 98.5 cm³/mol. The molecule has 23 heavy (non-hydrogen) atoms. The number of ether oxygens (including phenoxy) is 1. The summed E-state index contributed by atoms with van der Waals surface area (Å²) >= 11 is 5.33. The molecule has 1 aliphatic heterocycles. The first-order chi connectivity index (χ1) is 11.1. The van der Waals surface area contributed by atoms with Gasteiger partial charge in [-0.25, -0.2) is 0 Å². The second-order valence-corrected chi connectivity index (χ2v) is 6.53. The van der Waals surface area contributed by atoms with Crippen LogP contribution in [0.4, 0.5) is 0 Å². The largest absolute Gasteiger partial charge is 0.379 e. The van der Waals surface area contributed by atoms with Gasteiger partial charge in [0.05, 0.1) is 13.2 Å². The van der Waals surface area contributed by atoms with E-state index in [0.29, 0.717) is 0 Å². The van der Waals surface area contributed by atoms with Gasteiger partial charge < -0.3 is 20.3 Å². The Balaban J connectivity index is 1.61. The maximum atomic E-state index is 5.34. The van der Waals surface area contributed by atoms with E-state index in [0.717, 1.165) is 57.6 Å². The second-order valence-electron chi connectivity index (χ2n) is 6.12. The van der Waals surface area contributed by atoms with E-state index in [1.807, 2.05) is 0 Å². The highest BCUT2D eigenvalue weighted by atomic mass is 32.1. The SMILES string of the molecule is CN(C)Cc1ccc(CNC(=S)NCCN2CCOCC2)cc1. The molecule has 5 nitrogen and oxygen atoms in total. The van der Waals surface area contributed by atoms with Gasteiger partial charge in [0.1, 0.15) is 0 Å². The molecule has 6 heteroatoms. The molecule has 1 saturated heterocycles. The van der Waals surface area contributed by atoms with Crippen molar-refractivity contribution in [2.24, 2.45) is 0 Å². The van der Waals surface area contributed by atoms with E-state index in [-0.39, 0.29) is 0 Å². The predicted octanol–water partition coefficient (Wildman–Crippen LogP) is 1.04. The first-order valence-corrected chi connectivity index (χ1v) is 8.58. The van der Waals surface area contributed by atoms with Gasteiger partial charge in [-0.3, -0.25) is 4.90 Å². The topological polar surface area (TPSA) is 39.8 Å². The van der Waals surface area contributed by atoms with Crippen molar-refractivity contribution in [3.05, 3.63) is 35.4 Å². The molecule has 2 rings (SSSR count). The van der Waals surface area contributed by atoms with Gasteiger partial charge >= 0.3 is 0 Å². The van der Waals surface area contributed by atoms with Crippen LogP contribution in [-0.4, -0.2) is 68.4 Å². The number of rotatable bonds is 7. The van der Waals surface area contributed by atoms with Gasteiger partial charge in [0.15, 0.2) is 5.11 Å². The lowest BCUT2D eigenvalue weighted by atomic mass is 10.1. The maximum Gasteiger partial charge on any atom is 0.166 e. The summed E-state index contributed by atoms with van der Waals surface area (Å²) in [6.45, 7) is 7.31. The molecule has 0 amide bonds. The average molecular weight is 337 g/mol. The molecule has 1 heterocycles. The minimum Gasteiger partial charge on any atom is -0.379 e. The van der Waals surface area contributed by atoms with Crippen molar-refractivity contribution in [3.8, 4) is 0 Å². The van der Waals surface area contributed by atoms with E-state index in [2.05, 4.69) is 58.8 Å². The molecule has 0 unspecified atom stereocenters. The number of hydrogen-bond acceptors (Lipinski definition) is 4. The fraction of sp³-hybridized carbons (Fsp3) is 0.588. The van der Waals surface area contributed by atoms with E-state index in [9.17, 15) is 0 Å². The molecule has 2 N–H and O–H groups in total. The first kappa shape index (κ1) is 18.1. The standard InChI is InChI=1S/C17H28N4OS/c1-20(2)14-16-5-3-15(4-6-16)13-19-17(23)18-7-8-21-9-11-22-12-10-21/h3-6H,7-14H2,1-2H3,(H2,18,19,23). The van der Waals surface area contributed by atoms with E-state index < -0.39 is 0 Å². The first-order valence-electron chi connectivity index (χ1n) is 8.18. The van der Waals surface area contributed by atoms with Crippen LogP contribution in [-0.2, 0) is 17.8 Å². The van der Waals surface area contributed by atoms with Gasteiger partial charge in [-0.2, -0.15) is 0 Å². The normalized spacial score (nSPS) is 15.6.